The van der Waals surface area contributed by atoms with Crippen LogP contribution in [0.1, 0.15) is 73.1 Å². The SMILES string of the molecule is COC1=C(O)C(=O)C(C)C(C/C=C(\C)CC/C=C(\C)CCCC=C(C)C)C1O. The van der Waals surface area contributed by atoms with Crippen LogP contribution in [0.3, 0.4) is 0 Å². The van der Waals surface area contributed by atoms with Crippen molar-refractivity contribution in [3.05, 3.63) is 46.5 Å². The number of carbonyl (C=O) groups excluding carboxylic acids is 1. The molecule has 2 N–H and O–H groups in total. The van der Waals surface area contributed by atoms with Crippen molar-refractivity contribution in [1.29, 1.82) is 0 Å². The molecule has 1 aliphatic rings. The van der Waals surface area contributed by atoms with Gasteiger partial charge in [0.1, 0.15) is 6.10 Å². The predicted octanol–water partition coefficient (Wildman–Crippen LogP) is 5.80. The summed E-state index contributed by atoms with van der Waals surface area (Å²) in [6, 6.07) is 0. The number of Topliss-reactive ketones (excluding diaryl/α,β-unsaturated/α-hetero) is 1. The molecule has 0 bridgehead atoms. The zero-order valence-corrected chi connectivity index (χ0v) is 18.4. The molecule has 3 atom stereocenters. The van der Waals surface area contributed by atoms with E-state index in [2.05, 4.69) is 45.9 Å². The van der Waals surface area contributed by atoms with E-state index in [0.29, 0.717) is 6.42 Å². The highest BCUT2D eigenvalue weighted by Crippen LogP contribution is 2.34. The summed E-state index contributed by atoms with van der Waals surface area (Å²) in [4.78, 5) is 12.2. The van der Waals surface area contributed by atoms with E-state index in [4.69, 9.17) is 4.74 Å². The van der Waals surface area contributed by atoms with Gasteiger partial charge in [-0.25, -0.2) is 0 Å². The van der Waals surface area contributed by atoms with Crippen molar-refractivity contribution in [2.45, 2.75) is 79.2 Å². The molecular formula is C24H38O4. The number of hydrogen-bond acceptors (Lipinski definition) is 4. The monoisotopic (exact) mass is 390 g/mol. The molecule has 0 saturated carbocycles. The van der Waals surface area contributed by atoms with E-state index in [1.54, 1.807) is 6.92 Å². The Morgan fingerprint density at radius 3 is 2.29 bits per heavy atom. The van der Waals surface area contributed by atoms with Gasteiger partial charge in [-0.15, -0.1) is 0 Å². The van der Waals surface area contributed by atoms with Crippen LogP contribution in [0.25, 0.3) is 0 Å². The van der Waals surface area contributed by atoms with Gasteiger partial charge in [-0.05, 0) is 66.2 Å². The number of hydrogen-bond donors (Lipinski definition) is 2. The van der Waals surface area contributed by atoms with E-state index in [9.17, 15) is 15.0 Å². The second kappa shape index (κ2) is 11.9. The summed E-state index contributed by atoms with van der Waals surface area (Å²) in [6.45, 7) is 10.3. The summed E-state index contributed by atoms with van der Waals surface area (Å²) in [5.74, 6) is -1.51. The molecule has 0 aromatic heterocycles. The summed E-state index contributed by atoms with van der Waals surface area (Å²) in [5.41, 5.74) is 4.06. The number of methoxy groups -OCH3 is 1. The highest BCUT2D eigenvalue weighted by molar-refractivity contribution is 5.96. The van der Waals surface area contributed by atoms with Crippen LogP contribution >= 0.6 is 0 Å². The van der Waals surface area contributed by atoms with Crippen LogP contribution in [-0.4, -0.2) is 29.2 Å². The first-order chi connectivity index (χ1) is 13.2. The maximum atomic E-state index is 12.2. The van der Waals surface area contributed by atoms with Crippen molar-refractivity contribution >= 4 is 5.78 Å². The van der Waals surface area contributed by atoms with Crippen molar-refractivity contribution in [3.8, 4) is 0 Å². The van der Waals surface area contributed by atoms with Gasteiger partial charge in [-0.3, -0.25) is 4.79 Å². The molecule has 0 aromatic carbocycles. The van der Waals surface area contributed by atoms with E-state index in [-0.39, 0.29) is 17.5 Å². The van der Waals surface area contributed by atoms with E-state index in [0.717, 1.165) is 25.7 Å². The maximum Gasteiger partial charge on any atom is 0.203 e. The van der Waals surface area contributed by atoms with Gasteiger partial charge in [0.05, 0.1) is 7.11 Å². The van der Waals surface area contributed by atoms with E-state index < -0.39 is 17.8 Å². The van der Waals surface area contributed by atoms with Gasteiger partial charge in [0.2, 0.25) is 5.78 Å². The average molecular weight is 391 g/mol. The number of rotatable bonds is 10. The number of ether oxygens (including phenoxy) is 1. The second-order valence-corrected chi connectivity index (χ2v) is 8.23. The lowest BCUT2D eigenvalue weighted by Gasteiger charge is -2.32. The second-order valence-electron chi connectivity index (χ2n) is 8.23. The highest BCUT2D eigenvalue weighted by atomic mass is 16.5. The van der Waals surface area contributed by atoms with Crippen LogP contribution in [0.4, 0.5) is 0 Å². The van der Waals surface area contributed by atoms with Gasteiger partial charge < -0.3 is 14.9 Å². The third kappa shape index (κ3) is 7.31. The molecule has 0 spiro atoms. The molecule has 0 saturated heterocycles. The van der Waals surface area contributed by atoms with Crippen molar-refractivity contribution in [2.24, 2.45) is 11.8 Å². The molecule has 0 radical (unpaired) electrons. The molecule has 4 nitrogen and oxygen atoms in total. The standard InChI is InChI=1S/C24H38O4/c1-16(2)10-7-8-11-17(3)12-9-13-18(4)14-15-20-19(5)21(25)23(27)24(28-6)22(20)26/h10,12,14,19-20,22,26-27H,7-9,11,13,15H2,1-6H3/b17-12+,18-14+. The number of ketones is 1. The van der Waals surface area contributed by atoms with Crippen molar-refractivity contribution < 1.29 is 19.7 Å². The minimum Gasteiger partial charge on any atom is -0.502 e. The van der Waals surface area contributed by atoms with Crippen LogP contribution in [-0.2, 0) is 9.53 Å². The van der Waals surface area contributed by atoms with E-state index in [1.165, 1.54) is 30.2 Å². The van der Waals surface area contributed by atoms with Crippen molar-refractivity contribution in [2.75, 3.05) is 7.11 Å². The first-order valence-corrected chi connectivity index (χ1v) is 10.3. The maximum absolute atomic E-state index is 12.2. The third-order valence-electron chi connectivity index (χ3n) is 5.51. The zero-order valence-electron chi connectivity index (χ0n) is 18.4. The zero-order chi connectivity index (χ0) is 21.3. The van der Waals surface area contributed by atoms with Crippen molar-refractivity contribution in [3.63, 3.8) is 0 Å². The van der Waals surface area contributed by atoms with Crippen LogP contribution in [0.15, 0.2) is 46.5 Å². The molecule has 0 fully saturated rings. The topological polar surface area (TPSA) is 66.8 Å². The molecule has 0 amide bonds. The molecule has 1 rings (SSSR count). The molecule has 28 heavy (non-hydrogen) atoms. The number of aliphatic hydroxyl groups is 2. The molecule has 0 aliphatic heterocycles. The van der Waals surface area contributed by atoms with Crippen molar-refractivity contribution in [1.82, 2.24) is 0 Å². The molecule has 0 heterocycles. The quantitative estimate of drug-likeness (QED) is 0.365. The Balaban J connectivity index is 2.53. The number of aliphatic hydroxyl groups excluding tert-OH is 2. The van der Waals surface area contributed by atoms with E-state index in [1.807, 2.05) is 0 Å². The fraction of sp³-hybridized carbons (Fsp3) is 0.625. The highest BCUT2D eigenvalue weighted by Gasteiger charge is 2.41. The minimum absolute atomic E-state index is 0.00850. The van der Waals surface area contributed by atoms with Gasteiger partial charge in [0.15, 0.2) is 11.5 Å². The Kier molecular flexibility index (Phi) is 10.3. The average Bonchev–Trinajstić information content (AvgIpc) is 2.63. The van der Waals surface area contributed by atoms with Gasteiger partial charge in [-0.2, -0.15) is 0 Å². The Morgan fingerprint density at radius 1 is 1.04 bits per heavy atom. The molecule has 0 aromatic rings. The molecule has 4 heteroatoms. The Bertz CT molecular complexity index is 648. The first kappa shape index (κ1) is 24.2. The van der Waals surface area contributed by atoms with Gasteiger partial charge in [0, 0.05) is 11.8 Å². The summed E-state index contributed by atoms with van der Waals surface area (Å²) in [6.07, 6.45) is 11.8. The summed E-state index contributed by atoms with van der Waals surface area (Å²) in [5, 5.41) is 20.3. The predicted molar refractivity (Wildman–Crippen MR) is 115 cm³/mol. The Labute approximate surface area is 170 Å². The summed E-state index contributed by atoms with van der Waals surface area (Å²) >= 11 is 0. The normalized spacial score (nSPS) is 23.8. The van der Waals surface area contributed by atoms with E-state index >= 15 is 0 Å². The van der Waals surface area contributed by atoms with Crippen LogP contribution in [0.5, 0.6) is 0 Å². The van der Waals surface area contributed by atoms with Gasteiger partial charge in [0.25, 0.3) is 0 Å². The summed E-state index contributed by atoms with van der Waals surface area (Å²) in [7, 11) is 1.37. The minimum atomic E-state index is -0.954. The molecular weight excluding hydrogens is 352 g/mol. The number of allylic oxidation sites excluding steroid dienone is 7. The summed E-state index contributed by atoms with van der Waals surface area (Å²) < 4.78 is 5.04. The van der Waals surface area contributed by atoms with Crippen LogP contribution in [0.2, 0.25) is 0 Å². The lowest BCUT2D eigenvalue weighted by atomic mass is 9.77. The van der Waals surface area contributed by atoms with Gasteiger partial charge >= 0.3 is 0 Å². The lowest BCUT2D eigenvalue weighted by molar-refractivity contribution is -0.127. The van der Waals surface area contributed by atoms with Crippen LogP contribution in [0, 0.1) is 11.8 Å². The fourth-order valence-corrected chi connectivity index (χ4v) is 3.55. The van der Waals surface area contributed by atoms with Crippen LogP contribution < -0.4 is 0 Å². The smallest absolute Gasteiger partial charge is 0.203 e. The first-order valence-electron chi connectivity index (χ1n) is 10.3. The third-order valence-corrected chi connectivity index (χ3v) is 5.51. The number of carbonyl (C=O) groups is 1. The Hall–Kier alpha value is -1.81. The lowest BCUT2D eigenvalue weighted by Crippen LogP contribution is -2.39. The van der Waals surface area contributed by atoms with Gasteiger partial charge in [-0.1, -0.05) is 41.9 Å². The number of unbranched alkanes of at least 4 members (excludes halogenated alkanes) is 1. The molecule has 158 valence electrons. The molecule has 3 unspecified atom stereocenters. The Morgan fingerprint density at radius 2 is 1.68 bits per heavy atom. The largest absolute Gasteiger partial charge is 0.502 e. The molecule has 1 aliphatic carbocycles. The fourth-order valence-electron chi connectivity index (χ4n) is 3.55.